The van der Waals surface area contributed by atoms with E-state index in [1.165, 1.54) is 0 Å². The topological polar surface area (TPSA) is 77.6 Å². The van der Waals surface area contributed by atoms with E-state index in [-0.39, 0.29) is 0 Å². The SMILES string of the molecule is CCc1nnc2nc3c(nn12)-c1ccccc1C3=NOCc1ccccc1. The van der Waals surface area contributed by atoms with Crippen molar-refractivity contribution in [3.63, 3.8) is 0 Å². The molecule has 0 unspecified atom stereocenters. The minimum absolute atomic E-state index is 0.391. The summed E-state index contributed by atoms with van der Waals surface area (Å²) in [4.78, 5) is 10.3. The van der Waals surface area contributed by atoms with E-state index >= 15 is 0 Å². The number of benzene rings is 2. The second-order valence-electron chi connectivity index (χ2n) is 6.24. The van der Waals surface area contributed by atoms with Crippen molar-refractivity contribution in [2.24, 2.45) is 5.16 Å². The maximum absolute atomic E-state index is 5.63. The van der Waals surface area contributed by atoms with Crippen LogP contribution >= 0.6 is 0 Å². The average Bonchev–Trinajstić information content (AvgIpc) is 3.26. The molecule has 2 heterocycles. The monoisotopic (exact) mass is 356 g/mol. The lowest BCUT2D eigenvalue weighted by atomic mass is 10.1. The maximum Gasteiger partial charge on any atom is 0.272 e. The van der Waals surface area contributed by atoms with E-state index in [4.69, 9.17) is 9.94 Å². The van der Waals surface area contributed by atoms with E-state index in [2.05, 4.69) is 20.3 Å². The molecule has 7 nitrogen and oxygen atoms in total. The van der Waals surface area contributed by atoms with Crippen LogP contribution in [0, 0.1) is 0 Å². The molecular formula is C20H16N6O. The van der Waals surface area contributed by atoms with Crippen LogP contribution in [0.1, 0.15) is 29.6 Å². The second-order valence-corrected chi connectivity index (χ2v) is 6.24. The molecule has 4 aromatic rings. The van der Waals surface area contributed by atoms with Crippen molar-refractivity contribution in [3.05, 3.63) is 77.2 Å². The minimum Gasteiger partial charge on any atom is -0.390 e. The highest BCUT2D eigenvalue weighted by Crippen LogP contribution is 2.34. The number of aromatic nitrogens is 5. The van der Waals surface area contributed by atoms with Crippen LogP contribution in [0.3, 0.4) is 0 Å². The summed E-state index contributed by atoms with van der Waals surface area (Å²) in [6.45, 7) is 2.41. The zero-order valence-electron chi connectivity index (χ0n) is 14.7. The van der Waals surface area contributed by atoms with Crippen molar-refractivity contribution in [1.29, 1.82) is 0 Å². The standard InChI is InChI=1S/C20H16N6O/c1-2-16-22-23-20-21-19-17(24-26(16)20)14-10-6-7-11-15(14)18(19)25-27-12-13-8-4-3-5-9-13/h3-11H,2,12H2,1H3. The molecule has 132 valence electrons. The Morgan fingerprint density at radius 2 is 1.70 bits per heavy atom. The van der Waals surface area contributed by atoms with Crippen molar-refractivity contribution in [2.45, 2.75) is 20.0 Å². The number of nitrogens with zero attached hydrogens (tertiary/aromatic N) is 6. The van der Waals surface area contributed by atoms with Crippen LogP contribution in [0.2, 0.25) is 0 Å². The fraction of sp³-hybridized carbons (Fsp3) is 0.150. The molecule has 0 saturated carbocycles. The average molecular weight is 356 g/mol. The zero-order chi connectivity index (χ0) is 18.2. The van der Waals surface area contributed by atoms with Gasteiger partial charge in [0.05, 0.1) is 0 Å². The van der Waals surface area contributed by atoms with Gasteiger partial charge in [0.2, 0.25) is 0 Å². The van der Waals surface area contributed by atoms with Crippen LogP contribution in [-0.4, -0.2) is 30.5 Å². The molecule has 0 spiro atoms. The molecule has 0 N–H and O–H groups in total. The van der Waals surface area contributed by atoms with Crippen LogP contribution in [0.4, 0.5) is 0 Å². The van der Waals surface area contributed by atoms with Gasteiger partial charge in [-0.25, -0.2) is 4.98 Å². The quantitative estimate of drug-likeness (QED) is 0.463. The summed E-state index contributed by atoms with van der Waals surface area (Å²) in [6.07, 6.45) is 0.734. The van der Waals surface area contributed by atoms with Gasteiger partial charge < -0.3 is 4.84 Å². The van der Waals surface area contributed by atoms with Crippen LogP contribution in [-0.2, 0) is 17.9 Å². The van der Waals surface area contributed by atoms with Crippen LogP contribution in [0.15, 0.2) is 59.8 Å². The third-order valence-electron chi connectivity index (χ3n) is 4.53. The van der Waals surface area contributed by atoms with Crippen LogP contribution < -0.4 is 0 Å². The molecule has 2 aromatic heterocycles. The first-order chi connectivity index (χ1) is 13.3. The van der Waals surface area contributed by atoms with E-state index in [9.17, 15) is 0 Å². The minimum atomic E-state index is 0.391. The van der Waals surface area contributed by atoms with Gasteiger partial charge in [-0.3, -0.25) is 0 Å². The lowest BCUT2D eigenvalue weighted by Gasteiger charge is -2.03. The molecule has 5 rings (SSSR count). The molecule has 0 amide bonds. The van der Waals surface area contributed by atoms with Gasteiger partial charge in [0.1, 0.15) is 23.7 Å². The molecule has 1 aliphatic rings. The van der Waals surface area contributed by atoms with Crippen molar-refractivity contribution in [3.8, 4) is 11.3 Å². The number of hydrogen-bond acceptors (Lipinski definition) is 6. The van der Waals surface area contributed by atoms with Crippen molar-refractivity contribution in [2.75, 3.05) is 0 Å². The molecule has 0 bridgehead atoms. The van der Waals surface area contributed by atoms with Gasteiger partial charge in [-0.15, -0.1) is 10.2 Å². The Hall–Kier alpha value is -3.61. The lowest BCUT2D eigenvalue weighted by molar-refractivity contribution is 0.131. The van der Waals surface area contributed by atoms with Crippen molar-refractivity contribution < 1.29 is 4.84 Å². The first kappa shape index (κ1) is 15.6. The molecule has 0 saturated heterocycles. The summed E-state index contributed by atoms with van der Waals surface area (Å²) in [5.74, 6) is 1.25. The molecule has 27 heavy (non-hydrogen) atoms. The molecule has 7 heteroatoms. The molecule has 0 aliphatic heterocycles. The number of rotatable bonds is 4. The van der Waals surface area contributed by atoms with E-state index in [1.54, 1.807) is 4.52 Å². The third kappa shape index (κ3) is 2.55. The Morgan fingerprint density at radius 3 is 2.52 bits per heavy atom. The van der Waals surface area contributed by atoms with Gasteiger partial charge in [0.25, 0.3) is 5.78 Å². The third-order valence-corrected chi connectivity index (χ3v) is 4.53. The summed E-state index contributed by atoms with van der Waals surface area (Å²) in [6, 6.07) is 17.9. The Labute approximate surface area is 155 Å². The predicted octanol–water partition coefficient (Wildman–Crippen LogP) is 3.03. The summed E-state index contributed by atoms with van der Waals surface area (Å²) in [5.41, 5.74) is 5.12. The van der Waals surface area contributed by atoms with Crippen LogP contribution in [0.25, 0.3) is 17.0 Å². The molecule has 0 fully saturated rings. The van der Waals surface area contributed by atoms with Gasteiger partial charge in [0.15, 0.2) is 5.82 Å². The van der Waals surface area contributed by atoms with Gasteiger partial charge in [0, 0.05) is 17.5 Å². The Morgan fingerprint density at radius 1 is 0.926 bits per heavy atom. The van der Waals surface area contributed by atoms with Gasteiger partial charge in [-0.2, -0.15) is 9.61 Å². The highest BCUT2D eigenvalue weighted by Gasteiger charge is 2.30. The Bertz CT molecular complexity index is 1170. The number of oxime groups is 1. The van der Waals surface area contributed by atoms with Crippen molar-refractivity contribution in [1.82, 2.24) is 24.8 Å². The maximum atomic E-state index is 5.63. The Kier molecular flexibility index (Phi) is 3.64. The molecule has 1 aliphatic carbocycles. The lowest BCUT2D eigenvalue weighted by Crippen LogP contribution is -2.07. The fourth-order valence-electron chi connectivity index (χ4n) is 3.20. The normalized spacial score (nSPS) is 13.7. The summed E-state index contributed by atoms with van der Waals surface area (Å²) < 4.78 is 1.70. The first-order valence-corrected chi connectivity index (χ1v) is 8.81. The largest absolute Gasteiger partial charge is 0.390 e. The molecule has 0 atom stereocenters. The van der Waals surface area contributed by atoms with E-state index in [0.717, 1.165) is 34.6 Å². The van der Waals surface area contributed by atoms with E-state index < -0.39 is 0 Å². The Balaban J connectivity index is 1.59. The van der Waals surface area contributed by atoms with Gasteiger partial charge in [-0.1, -0.05) is 66.7 Å². The molecule has 2 aromatic carbocycles. The molecule has 0 radical (unpaired) electrons. The molecular weight excluding hydrogens is 340 g/mol. The zero-order valence-corrected chi connectivity index (χ0v) is 14.7. The van der Waals surface area contributed by atoms with E-state index in [0.29, 0.717) is 23.8 Å². The second kappa shape index (κ2) is 6.28. The predicted molar refractivity (Wildman–Crippen MR) is 100 cm³/mol. The smallest absolute Gasteiger partial charge is 0.272 e. The van der Waals surface area contributed by atoms with Gasteiger partial charge >= 0.3 is 0 Å². The van der Waals surface area contributed by atoms with Gasteiger partial charge in [-0.05, 0) is 5.56 Å². The van der Waals surface area contributed by atoms with Crippen molar-refractivity contribution >= 4 is 11.5 Å². The summed E-state index contributed by atoms with van der Waals surface area (Å²) >= 11 is 0. The van der Waals surface area contributed by atoms with Crippen LogP contribution in [0.5, 0.6) is 0 Å². The highest BCUT2D eigenvalue weighted by molar-refractivity contribution is 6.22. The number of fused-ring (bicyclic) bond motifs is 4. The van der Waals surface area contributed by atoms with E-state index in [1.807, 2.05) is 61.5 Å². The highest BCUT2D eigenvalue weighted by atomic mass is 16.6. The summed E-state index contributed by atoms with van der Waals surface area (Å²) in [7, 11) is 0. The number of aryl methyl sites for hydroxylation is 1. The first-order valence-electron chi connectivity index (χ1n) is 8.81. The summed E-state index contributed by atoms with van der Waals surface area (Å²) in [5, 5.41) is 17.4. The fourth-order valence-corrected chi connectivity index (χ4v) is 3.20. The number of hydrogen-bond donors (Lipinski definition) is 0.